The molecular weight excluding hydrogens is 222 g/mol. The van der Waals surface area contributed by atoms with Crippen molar-refractivity contribution in [2.45, 2.75) is 0 Å². The number of aromatic nitrogens is 6. The third-order valence-electron chi connectivity index (χ3n) is 1.53. The highest BCUT2D eigenvalue weighted by Crippen LogP contribution is 2.09. The molecule has 0 aromatic carbocycles. The lowest BCUT2D eigenvalue weighted by molar-refractivity contribution is 0.237. The number of hydrogen-bond donors (Lipinski definition) is 0. The van der Waals surface area contributed by atoms with Crippen LogP contribution >= 0.6 is 11.6 Å². The van der Waals surface area contributed by atoms with Crippen molar-refractivity contribution >= 4 is 17.6 Å². The Balaban J connectivity index is 2.48. The Hall–Kier alpha value is -2.27. The molecule has 0 saturated heterocycles. The topological polar surface area (TPSA) is 102 Å². The first-order valence-electron chi connectivity index (χ1n) is 3.66. The van der Waals surface area contributed by atoms with Crippen molar-refractivity contribution in [2.24, 2.45) is 0 Å². The average Bonchev–Trinajstić information content (AvgIpc) is 2.85. The van der Waals surface area contributed by atoms with Gasteiger partial charge >= 0.3 is 6.03 Å². The highest BCUT2D eigenvalue weighted by atomic mass is 35.5. The molecule has 9 heteroatoms. The zero-order valence-electron chi connectivity index (χ0n) is 7.07. The van der Waals surface area contributed by atoms with Gasteiger partial charge in [-0.15, -0.1) is 14.9 Å². The Bertz CT molecular complexity index is 536. The largest absolute Gasteiger partial charge is 0.373 e. The fourth-order valence-electron chi connectivity index (χ4n) is 0.898. The molecule has 0 aliphatic heterocycles. The zero-order valence-corrected chi connectivity index (χ0v) is 7.83. The Morgan fingerprint density at radius 1 is 1.53 bits per heavy atom. The van der Waals surface area contributed by atoms with Gasteiger partial charge in [0, 0.05) is 0 Å². The minimum Gasteiger partial charge on any atom is -0.243 e. The molecule has 0 amide bonds. The Labute approximate surface area is 87.7 Å². The van der Waals surface area contributed by atoms with Crippen LogP contribution in [-0.2, 0) is 0 Å². The van der Waals surface area contributed by atoms with Crippen LogP contribution in [0.5, 0.6) is 0 Å². The fraction of sp³-hybridized carbons (Fsp3) is 0. The Morgan fingerprint density at radius 2 is 2.33 bits per heavy atom. The molecule has 0 radical (unpaired) electrons. The predicted molar refractivity (Wildman–Crippen MR) is 46.0 cm³/mol. The molecule has 2 rings (SSSR count). The highest BCUT2D eigenvalue weighted by Gasteiger charge is 2.18. The van der Waals surface area contributed by atoms with Gasteiger partial charge in [0.25, 0.3) is 0 Å². The number of rotatable bonds is 0. The lowest BCUT2D eigenvalue weighted by atomic mass is 10.5. The molecule has 2 aromatic heterocycles. The Kier molecular flexibility index (Phi) is 2.15. The second-order valence-electron chi connectivity index (χ2n) is 2.38. The molecule has 15 heavy (non-hydrogen) atoms. The van der Waals surface area contributed by atoms with Crippen molar-refractivity contribution in [3.63, 3.8) is 0 Å². The van der Waals surface area contributed by atoms with Crippen molar-refractivity contribution in [1.29, 1.82) is 5.26 Å². The van der Waals surface area contributed by atoms with E-state index in [0.29, 0.717) is 0 Å². The molecule has 0 saturated carbocycles. The van der Waals surface area contributed by atoms with Crippen molar-refractivity contribution < 1.29 is 4.79 Å². The lowest BCUT2D eigenvalue weighted by Gasteiger charge is -1.97. The summed E-state index contributed by atoms with van der Waals surface area (Å²) in [6, 6.07) is 1.03. The van der Waals surface area contributed by atoms with Gasteiger partial charge in [0.2, 0.25) is 0 Å². The molecule has 0 fully saturated rings. The van der Waals surface area contributed by atoms with Crippen molar-refractivity contribution in [3.8, 4) is 6.07 Å². The summed E-state index contributed by atoms with van der Waals surface area (Å²) in [5, 5.41) is 22.3. The van der Waals surface area contributed by atoms with E-state index in [-0.39, 0.29) is 10.8 Å². The van der Waals surface area contributed by atoms with Crippen LogP contribution in [0.4, 0.5) is 4.79 Å². The summed E-state index contributed by atoms with van der Waals surface area (Å²) in [4.78, 5) is 11.6. The average molecular weight is 224 g/mol. The van der Waals surface area contributed by atoms with Gasteiger partial charge in [0.15, 0.2) is 10.8 Å². The van der Waals surface area contributed by atoms with Gasteiger partial charge in [-0.2, -0.15) is 9.94 Å². The van der Waals surface area contributed by atoms with Crippen LogP contribution in [0.15, 0.2) is 12.4 Å². The van der Waals surface area contributed by atoms with Gasteiger partial charge in [-0.25, -0.2) is 4.79 Å². The van der Waals surface area contributed by atoms with Crippen LogP contribution in [0.1, 0.15) is 5.69 Å². The van der Waals surface area contributed by atoms with Crippen LogP contribution in [0, 0.1) is 11.3 Å². The summed E-state index contributed by atoms with van der Waals surface area (Å²) in [7, 11) is 0. The predicted octanol–water partition coefficient (Wildman–Crippen LogP) is -0.0889. The van der Waals surface area contributed by atoms with E-state index in [1.165, 1.54) is 12.4 Å². The number of hydrogen-bond acceptors (Lipinski definition) is 6. The maximum Gasteiger partial charge on any atom is 0.373 e. The van der Waals surface area contributed by atoms with Crippen molar-refractivity contribution in [1.82, 2.24) is 30.0 Å². The first-order valence-corrected chi connectivity index (χ1v) is 4.04. The summed E-state index contributed by atoms with van der Waals surface area (Å²) in [5.41, 5.74) is -0.142. The normalized spacial score (nSPS) is 9.87. The van der Waals surface area contributed by atoms with E-state index in [1.54, 1.807) is 6.07 Å². The highest BCUT2D eigenvalue weighted by molar-refractivity contribution is 6.30. The van der Waals surface area contributed by atoms with Crippen LogP contribution in [0.25, 0.3) is 0 Å². The number of carbonyl (C=O) groups excluding carboxylic acids is 1. The van der Waals surface area contributed by atoms with Gasteiger partial charge in [-0.05, 0) is 0 Å². The lowest BCUT2D eigenvalue weighted by Crippen LogP contribution is -2.22. The van der Waals surface area contributed by atoms with E-state index in [4.69, 9.17) is 16.9 Å². The summed E-state index contributed by atoms with van der Waals surface area (Å²) >= 11 is 5.54. The first kappa shape index (κ1) is 9.29. The van der Waals surface area contributed by atoms with E-state index in [9.17, 15) is 4.79 Å². The second-order valence-corrected chi connectivity index (χ2v) is 2.74. The van der Waals surface area contributed by atoms with Gasteiger partial charge < -0.3 is 0 Å². The molecule has 0 N–H and O–H groups in total. The van der Waals surface area contributed by atoms with Crippen LogP contribution in [0.3, 0.4) is 0 Å². The number of halogens is 1. The molecule has 8 nitrogen and oxygen atoms in total. The van der Waals surface area contributed by atoms with E-state index >= 15 is 0 Å². The zero-order chi connectivity index (χ0) is 10.8. The molecule has 74 valence electrons. The van der Waals surface area contributed by atoms with E-state index in [0.717, 1.165) is 9.36 Å². The van der Waals surface area contributed by atoms with E-state index < -0.39 is 6.03 Å². The van der Waals surface area contributed by atoms with Gasteiger partial charge in [0.05, 0.1) is 12.4 Å². The molecule has 0 atom stereocenters. The summed E-state index contributed by atoms with van der Waals surface area (Å²) < 4.78 is 1.66. The third kappa shape index (κ3) is 1.44. The van der Waals surface area contributed by atoms with Crippen LogP contribution < -0.4 is 0 Å². The summed E-state index contributed by atoms with van der Waals surface area (Å²) in [6.07, 6.45) is 2.64. The maximum atomic E-state index is 11.6. The molecule has 0 bridgehead atoms. The minimum atomic E-state index is -0.677. The number of carbonyl (C=O) groups is 1. The first-order chi connectivity index (χ1) is 7.24. The van der Waals surface area contributed by atoms with Gasteiger partial charge in [-0.3, -0.25) is 0 Å². The number of nitrogens with zero attached hydrogens (tertiary/aromatic N) is 7. The summed E-state index contributed by atoms with van der Waals surface area (Å²) in [5.74, 6) is 0. The van der Waals surface area contributed by atoms with Crippen molar-refractivity contribution in [3.05, 3.63) is 23.2 Å². The smallest absolute Gasteiger partial charge is 0.243 e. The van der Waals surface area contributed by atoms with Crippen LogP contribution in [0.2, 0.25) is 5.15 Å². The standard InChI is InChI=1S/C6H2ClN7O/c7-5-4(3-8)14(12-10-5)6(15)13-2-1-9-11-13/h1-2H. The molecular formula is C6H2ClN7O. The quantitative estimate of drug-likeness (QED) is 0.618. The van der Waals surface area contributed by atoms with Gasteiger partial charge in [0.1, 0.15) is 6.07 Å². The monoisotopic (exact) mass is 223 g/mol. The molecule has 0 unspecified atom stereocenters. The SMILES string of the molecule is N#Cc1c(Cl)nnn1C(=O)n1ccnn1. The minimum absolute atomic E-state index is 0.133. The molecule has 2 heterocycles. The molecule has 2 aromatic rings. The van der Waals surface area contributed by atoms with Gasteiger partial charge in [-0.1, -0.05) is 22.0 Å². The Morgan fingerprint density at radius 3 is 2.93 bits per heavy atom. The van der Waals surface area contributed by atoms with E-state index in [1.807, 2.05) is 0 Å². The third-order valence-corrected chi connectivity index (χ3v) is 1.79. The van der Waals surface area contributed by atoms with Crippen LogP contribution in [-0.4, -0.2) is 36.0 Å². The molecule has 0 aliphatic carbocycles. The molecule has 0 spiro atoms. The fourth-order valence-corrected chi connectivity index (χ4v) is 1.05. The second kappa shape index (κ2) is 3.47. The maximum absolute atomic E-state index is 11.6. The molecule has 0 aliphatic rings. The van der Waals surface area contributed by atoms with Crippen molar-refractivity contribution in [2.75, 3.05) is 0 Å². The number of nitriles is 1. The summed E-state index contributed by atoms with van der Waals surface area (Å²) in [6.45, 7) is 0. The van der Waals surface area contributed by atoms with E-state index in [2.05, 4.69) is 20.6 Å².